The zero-order valence-electron chi connectivity index (χ0n) is 42.7. The van der Waals surface area contributed by atoms with Gasteiger partial charge in [0.1, 0.15) is 11.6 Å². The fourth-order valence-corrected chi connectivity index (χ4v) is 14.3. The highest BCUT2D eigenvalue weighted by Gasteiger charge is 2.73. The lowest BCUT2D eigenvalue weighted by Gasteiger charge is -2.72. The van der Waals surface area contributed by atoms with E-state index in [0.29, 0.717) is 43.9 Å². The molecule has 0 heterocycles. The lowest BCUT2D eigenvalue weighted by Crippen LogP contribution is -2.70. The molecule has 0 spiro atoms. The Hall–Kier alpha value is -3.79. The van der Waals surface area contributed by atoms with Gasteiger partial charge in [0, 0.05) is 43.7 Å². The third kappa shape index (κ3) is 11.9. The zero-order chi connectivity index (χ0) is 48.1. The van der Waals surface area contributed by atoms with E-state index in [1.54, 1.807) is 0 Å². The van der Waals surface area contributed by atoms with E-state index in [1.807, 2.05) is 0 Å². The van der Waals surface area contributed by atoms with Crippen molar-refractivity contribution in [3.63, 3.8) is 0 Å². The Morgan fingerprint density at radius 1 is 0.697 bits per heavy atom. The number of nitriles is 1. The maximum Gasteiger partial charge on any atom is 0.242 e. The number of ketones is 2. The van der Waals surface area contributed by atoms with Gasteiger partial charge in [0.2, 0.25) is 11.8 Å². The van der Waals surface area contributed by atoms with Crippen LogP contribution in [0.25, 0.3) is 0 Å². The maximum absolute atomic E-state index is 15.0. The molecule has 0 saturated heterocycles. The van der Waals surface area contributed by atoms with E-state index in [9.17, 15) is 24.4 Å². The smallest absolute Gasteiger partial charge is 0.242 e. The molecule has 5 fully saturated rings. The largest absolute Gasteiger partial charge is 0.356 e. The molecule has 8 atom stereocenters. The van der Waals surface area contributed by atoms with Crippen LogP contribution < -0.4 is 5.32 Å². The number of rotatable bonds is 22. The summed E-state index contributed by atoms with van der Waals surface area (Å²) in [6, 6.07) is 0. The van der Waals surface area contributed by atoms with Gasteiger partial charge in [-0.2, -0.15) is 5.26 Å². The van der Waals surface area contributed by atoms with Crippen LogP contribution in [0.3, 0.4) is 0 Å². The number of hydrogen-bond acceptors (Lipinski definition) is 5. The summed E-state index contributed by atoms with van der Waals surface area (Å²) in [6.45, 7) is 19.4. The Morgan fingerprint density at radius 3 is 1.88 bits per heavy atom. The molecule has 5 saturated carbocycles. The molecule has 0 aliphatic heterocycles. The molecule has 364 valence electrons. The minimum atomic E-state index is -0.691. The van der Waals surface area contributed by atoms with Crippen molar-refractivity contribution in [2.45, 2.75) is 197 Å². The Labute approximate surface area is 401 Å². The van der Waals surface area contributed by atoms with Crippen molar-refractivity contribution in [2.24, 2.45) is 56.2 Å². The first-order valence-corrected chi connectivity index (χ1v) is 26.4. The number of carbonyl (C=O) groups excluding carboxylic acids is 4. The van der Waals surface area contributed by atoms with Crippen LogP contribution in [0.15, 0.2) is 72.9 Å². The van der Waals surface area contributed by atoms with E-state index in [1.165, 1.54) is 4.90 Å². The summed E-state index contributed by atoms with van der Waals surface area (Å²) in [4.78, 5) is 57.0. The van der Waals surface area contributed by atoms with Gasteiger partial charge in [-0.15, -0.1) is 0 Å². The topological polar surface area (TPSA) is 107 Å². The number of fused-ring (bicyclic) bond motifs is 7. The number of allylic oxidation sites excluding steroid dienone is 12. The summed E-state index contributed by atoms with van der Waals surface area (Å²) >= 11 is 0. The van der Waals surface area contributed by atoms with Gasteiger partial charge in [0.05, 0.1) is 5.41 Å². The lowest BCUT2D eigenvalue weighted by atomic mass is 9.31. The maximum atomic E-state index is 15.0. The Morgan fingerprint density at radius 2 is 1.27 bits per heavy atom. The molecule has 5 aliphatic rings. The van der Waals surface area contributed by atoms with E-state index >= 15 is 0 Å². The second-order valence-corrected chi connectivity index (χ2v) is 23.2. The molecule has 7 heteroatoms. The first kappa shape index (κ1) is 53.2. The SMILES string of the molecule is CC/C=C\C/C=C\C/C=C\C/C=C\C/C=C\C/C=C\CCC(=O)NCCCCCCN(C#N)C(=O)C12CCC(C)(C)CC1C1C(=O)CC3C4(C)CCC(=O)C(C)(C)C4CCC3(C)C1(C)CC2. The van der Waals surface area contributed by atoms with Gasteiger partial charge in [-0.3, -0.25) is 19.2 Å². The molecular formula is C59H89N3O4. The van der Waals surface area contributed by atoms with Gasteiger partial charge >= 0.3 is 0 Å². The molecule has 2 amide bonds. The van der Waals surface area contributed by atoms with E-state index in [0.717, 1.165) is 122 Å². The van der Waals surface area contributed by atoms with Crippen molar-refractivity contribution in [2.75, 3.05) is 13.1 Å². The van der Waals surface area contributed by atoms with Gasteiger partial charge in [-0.1, -0.05) is 141 Å². The average Bonchev–Trinajstić information content (AvgIpc) is 3.27. The third-order valence-electron chi connectivity index (χ3n) is 18.3. The predicted octanol–water partition coefficient (Wildman–Crippen LogP) is 14.1. The lowest BCUT2D eigenvalue weighted by molar-refractivity contribution is -0.234. The van der Waals surface area contributed by atoms with Crippen molar-refractivity contribution < 1.29 is 19.2 Å². The monoisotopic (exact) mass is 904 g/mol. The van der Waals surface area contributed by atoms with Crippen molar-refractivity contribution in [1.29, 1.82) is 5.26 Å². The van der Waals surface area contributed by atoms with Crippen LogP contribution in [0.5, 0.6) is 0 Å². The van der Waals surface area contributed by atoms with Crippen molar-refractivity contribution in [1.82, 2.24) is 10.2 Å². The van der Waals surface area contributed by atoms with Crippen LogP contribution in [0.1, 0.15) is 197 Å². The van der Waals surface area contributed by atoms with E-state index in [2.05, 4.69) is 140 Å². The number of Topliss-reactive ketones (excluding diaryl/α,β-unsaturated/α-hetero) is 2. The number of nitrogens with one attached hydrogen (secondary N) is 1. The van der Waals surface area contributed by atoms with Gasteiger partial charge in [-0.05, 0) is 149 Å². The normalized spacial score (nSPS) is 32.8. The standard InChI is InChI=1S/C59H89N3O4/c1-9-10-11-12-13-14-15-16-17-18-19-20-21-22-23-24-25-26-29-32-51(65)61-41-30-27-28-31-42-62(45-60)53(66)59-39-37-54(2,3)44-46(59)52-47(63)43-49-56(6)35-34-50(64)55(4,5)48(56)33-36-57(49,7)58(52,8)38-40-59/h10-11,13-14,16-17,19-20,22-23,25-26,46,48-49,52H,9,12,15,18,21,24,27-44H2,1-8H3,(H,61,65)/b11-10-,14-13-,17-16-,20-19-,23-22-,26-25-. The molecule has 5 rings (SSSR count). The van der Waals surface area contributed by atoms with Gasteiger partial charge in [0.15, 0.2) is 6.19 Å². The molecule has 0 bridgehead atoms. The van der Waals surface area contributed by atoms with Crippen LogP contribution >= 0.6 is 0 Å². The predicted molar refractivity (Wildman–Crippen MR) is 271 cm³/mol. The Balaban J connectivity index is 1.03. The Bertz CT molecular complexity index is 1910. The molecular weight excluding hydrogens is 815 g/mol. The van der Waals surface area contributed by atoms with Crippen LogP contribution in [-0.4, -0.2) is 41.4 Å². The number of hydrogen-bond donors (Lipinski definition) is 1. The molecule has 0 aromatic rings. The van der Waals surface area contributed by atoms with Crippen molar-refractivity contribution >= 4 is 23.4 Å². The molecule has 0 aromatic heterocycles. The van der Waals surface area contributed by atoms with Gasteiger partial charge < -0.3 is 5.32 Å². The van der Waals surface area contributed by atoms with Gasteiger partial charge in [0.25, 0.3) is 0 Å². The molecule has 0 radical (unpaired) electrons. The number of carbonyl (C=O) groups is 4. The van der Waals surface area contributed by atoms with E-state index < -0.39 is 5.41 Å². The number of nitrogens with zero attached hydrogens (tertiary/aromatic N) is 2. The summed E-state index contributed by atoms with van der Waals surface area (Å²) < 4.78 is 0. The number of unbranched alkanes of at least 4 members (excludes halogenated alkanes) is 3. The minimum Gasteiger partial charge on any atom is -0.356 e. The van der Waals surface area contributed by atoms with Gasteiger partial charge in [-0.25, -0.2) is 4.90 Å². The fraction of sp³-hybridized carbons (Fsp3) is 0.712. The minimum absolute atomic E-state index is 0.0170. The highest BCUT2D eigenvalue weighted by Crippen LogP contribution is 2.76. The summed E-state index contributed by atoms with van der Waals surface area (Å²) in [5, 5.41) is 13.5. The highest BCUT2D eigenvalue weighted by atomic mass is 16.2. The van der Waals surface area contributed by atoms with E-state index in [-0.39, 0.29) is 62.6 Å². The molecule has 1 N–H and O–H groups in total. The molecule has 5 aliphatic carbocycles. The van der Waals surface area contributed by atoms with E-state index in [4.69, 9.17) is 0 Å². The second kappa shape index (κ2) is 23.5. The summed E-state index contributed by atoms with van der Waals surface area (Å²) in [5.74, 6) is 0.961. The van der Waals surface area contributed by atoms with Crippen LogP contribution in [0.2, 0.25) is 0 Å². The molecule has 0 aromatic carbocycles. The summed E-state index contributed by atoms with van der Waals surface area (Å²) in [6.07, 6.45) is 47.0. The highest BCUT2D eigenvalue weighted by molar-refractivity contribution is 5.89. The van der Waals surface area contributed by atoms with Crippen molar-refractivity contribution in [3.8, 4) is 6.19 Å². The second-order valence-electron chi connectivity index (χ2n) is 23.2. The van der Waals surface area contributed by atoms with Crippen molar-refractivity contribution in [3.05, 3.63) is 72.9 Å². The Kier molecular flexibility index (Phi) is 18.9. The third-order valence-corrected chi connectivity index (χ3v) is 18.3. The first-order chi connectivity index (χ1) is 31.4. The molecule has 7 nitrogen and oxygen atoms in total. The van der Waals surface area contributed by atoms with Crippen LogP contribution in [0, 0.1) is 67.6 Å². The van der Waals surface area contributed by atoms with Crippen LogP contribution in [0.4, 0.5) is 0 Å². The number of amides is 2. The molecule has 66 heavy (non-hydrogen) atoms. The molecule has 8 unspecified atom stereocenters. The average molecular weight is 904 g/mol. The quantitative estimate of drug-likeness (QED) is 0.0504. The van der Waals surface area contributed by atoms with Crippen LogP contribution in [-0.2, 0) is 19.2 Å². The summed E-state index contributed by atoms with van der Waals surface area (Å²) in [7, 11) is 0. The first-order valence-electron chi connectivity index (χ1n) is 26.4. The summed E-state index contributed by atoms with van der Waals surface area (Å²) in [5.41, 5.74) is -1.41. The zero-order valence-corrected chi connectivity index (χ0v) is 42.7. The fourth-order valence-electron chi connectivity index (χ4n) is 14.3.